The van der Waals surface area contributed by atoms with Gasteiger partial charge < -0.3 is 19.4 Å². The van der Waals surface area contributed by atoms with Crippen LogP contribution in [-0.4, -0.2) is 35.6 Å². The topological polar surface area (TPSA) is 97.8 Å². The fourth-order valence-corrected chi connectivity index (χ4v) is 4.03. The summed E-state index contributed by atoms with van der Waals surface area (Å²) in [5.74, 6) is 0.320. The molecule has 2 heterocycles. The molecule has 4 rings (SSSR count). The number of carbonyl (C=O) groups is 1. The average Bonchev–Trinajstić information content (AvgIpc) is 3.35. The van der Waals surface area contributed by atoms with Gasteiger partial charge in [-0.25, -0.2) is 4.79 Å². The molecule has 8 heteroatoms. The molecule has 1 N–H and O–H groups in total. The minimum absolute atomic E-state index is 0.00292. The largest absolute Gasteiger partial charge is 0.472 e. The van der Waals surface area contributed by atoms with Crippen LogP contribution >= 0.6 is 0 Å². The molecule has 2 aromatic carbocycles. The van der Waals surface area contributed by atoms with Crippen LogP contribution in [-0.2, 0) is 4.74 Å². The summed E-state index contributed by atoms with van der Waals surface area (Å²) < 4.78 is 10.2. The molecule has 0 saturated carbocycles. The highest BCUT2D eigenvalue weighted by Crippen LogP contribution is 2.34. The second-order valence-corrected chi connectivity index (χ2v) is 7.71. The molecule has 0 bridgehead atoms. The number of furan rings is 1. The van der Waals surface area contributed by atoms with E-state index in [9.17, 15) is 14.9 Å². The number of hydrogen-bond acceptors (Lipinski definition) is 6. The smallest absolute Gasteiger partial charge is 0.409 e. The van der Waals surface area contributed by atoms with E-state index in [0.29, 0.717) is 31.3 Å². The van der Waals surface area contributed by atoms with Gasteiger partial charge in [0.1, 0.15) is 5.69 Å². The lowest BCUT2D eigenvalue weighted by molar-refractivity contribution is -0.383. The highest BCUT2D eigenvalue weighted by molar-refractivity contribution is 5.76. The van der Waals surface area contributed by atoms with Crippen LogP contribution in [0.5, 0.6) is 0 Å². The molecule has 8 nitrogen and oxygen atoms in total. The molecule has 3 aromatic rings. The zero-order valence-electron chi connectivity index (χ0n) is 17.8. The summed E-state index contributed by atoms with van der Waals surface area (Å²) >= 11 is 0. The van der Waals surface area contributed by atoms with Crippen LogP contribution in [0.15, 0.2) is 65.5 Å². The molecule has 0 atom stereocenters. The van der Waals surface area contributed by atoms with E-state index < -0.39 is 0 Å². The van der Waals surface area contributed by atoms with Crippen molar-refractivity contribution in [1.29, 1.82) is 0 Å². The molecule has 32 heavy (non-hydrogen) atoms. The summed E-state index contributed by atoms with van der Waals surface area (Å²) in [6, 6.07) is 14.8. The molecule has 0 spiro atoms. The molecule has 1 aromatic heterocycles. The van der Waals surface area contributed by atoms with Crippen molar-refractivity contribution in [2.75, 3.05) is 25.0 Å². The Hall–Kier alpha value is -3.81. The van der Waals surface area contributed by atoms with Crippen molar-refractivity contribution in [3.8, 4) is 11.1 Å². The van der Waals surface area contributed by atoms with Gasteiger partial charge in [0.05, 0.1) is 24.1 Å². The number of anilines is 2. The van der Waals surface area contributed by atoms with Crippen molar-refractivity contribution in [3.63, 3.8) is 0 Å². The van der Waals surface area contributed by atoms with E-state index in [4.69, 9.17) is 9.15 Å². The molecule has 0 aliphatic carbocycles. The molecule has 166 valence electrons. The van der Waals surface area contributed by atoms with Crippen LogP contribution in [0.3, 0.4) is 0 Å². The number of nitro groups is 1. The molecule has 0 radical (unpaired) electrons. The van der Waals surface area contributed by atoms with Crippen LogP contribution < -0.4 is 5.32 Å². The van der Waals surface area contributed by atoms with Gasteiger partial charge >= 0.3 is 6.09 Å². The highest BCUT2D eigenvalue weighted by Gasteiger charge is 2.25. The van der Waals surface area contributed by atoms with Gasteiger partial charge in [0.2, 0.25) is 0 Å². The predicted octanol–water partition coefficient (Wildman–Crippen LogP) is 5.93. The van der Waals surface area contributed by atoms with E-state index >= 15 is 0 Å². The fraction of sp³-hybridized carbons (Fsp3) is 0.292. The van der Waals surface area contributed by atoms with E-state index in [1.165, 1.54) is 6.26 Å². The Morgan fingerprint density at radius 1 is 1.19 bits per heavy atom. The first-order valence-electron chi connectivity index (χ1n) is 10.6. The summed E-state index contributed by atoms with van der Waals surface area (Å²) in [6.07, 6.45) is 4.54. The van der Waals surface area contributed by atoms with Crippen LogP contribution in [0.4, 0.5) is 21.9 Å². The van der Waals surface area contributed by atoms with E-state index in [0.717, 1.165) is 35.2 Å². The maximum absolute atomic E-state index is 11.9. The van der Waals surface area contributed by atoms with Crippen molar-refractivity contribution in [2.24, 2.45) is 0 Å². The van der Waals surface area contributed by atoms with Gasteiger partial charge in [-0.1, -0.05) is 18.2 Å². The third-order valence-corrected chi connectivity index (χ3v) is 5.71. The first kappa shape index (κ1) is 21.4. The standard InChI is InChI=1S/C24H25N3O5/c1-2-32-24(28)26-11-8-17(9-12-26)18-4-3-5-21(14-18)25-22-7-6-19(15-23(22)27(29)30)20-10-13-31-16-20/h3-7,10,13-17,25H,2,8-9,11-12H2,1H3. The number of nitrogens with one attached hydrogen (secondary N) is 1. The maximum atomic E-state index is 11.9. The van der Waals surface area contributed by atoms with Crippen molar-refractivity contribution >= 4 is 23.2 Å². The van der Waals surface area contributed by atoms with E-state index in [1.54, 1.807) is 36.3 Å². The van der Waals surface area contributed by atoms with Gasteiger partial charge in [-0.05, 0) is 61.1 Å². The summed E-state index contributed by atoms with van der Waals surface area (Å²) in [5.41, 5.74) is 3.87. The Labute approximate surface area is 185 Å². The number of ether oxygens (including phenoxy) is 1. The molecule has 0 unspecified atom stereocenters. The molecule has 1 fully saturated rings. The molecular formula is C24H25N3O5. The summed E-state index contributed by atoms with van der Waals surface area (Å²) in [6.45, 7) is 3.49. The lowest BCUT2D eigenvalue weighted by Crippen LogP contribution is -2.38. The van der Waals surface area contributed by atoms with Crippen molar-refractivity contribution in [1.82, 2.24) is 4.90 Å². The van der Waals surface area contributed by atoms with Gasteiger partial charge in [0, 0.05) is 30.4 Å². The predicted molar refractivity (Wildman–Crippen MR) is 121 cm³/mol. The molecular weight excluding hydrogens is 410 g/mol. The number of benzene rings is 2. The van der Waals surface area contributed by atoms with E-state index in [-0.39, 0.29) is 16.7 Å². The number of nitrogens with zero attached hydrogens (tertiary/aromatic N) is 2. The number of piperidine rings is 1. The monoisotopic (exact) mass is 435 g/mol. The molecule has 1 saturated heterocycles. The number of hydrogen-bond donors (Lipinski definition) is 1. The van der Waals surface area contributed by atoms with Gasteiger partial charge in [-0.15, -0.1) is 0 Å². The molecule has 1 amide bonds. The minimum atomic E-state index is -0.388. The van der Waals surface area contributed by atoms with E-state index in [2.05, 4.69) is 11.4 Å². The van der Waals surface area contributed by atoms with Crippen LogP contribution in [0, 0.1) is 10.1 Å². The van der Waals surface area contributed by atoms with Crippen molar-refractivity contribution in [3.05, 3.63) is 76.7 Å². The highest BCUT2D eigenvalue weighted by atomic mass is 16.6. The second-order valence-electron chi connectivity index (χ2n) is 7.71. The Balaban J connectivity index is 1.49. The van der Waals surface area contributed by atoms with Gasteiger partial charge in [0.15, 0.2) is 0 Å². The van der Waals surface area contributed by atoms with E-state index in [1.807, 2.05) is 24.3 Å². The zero-order valence-corrected chi connectivity index (χ0v) is 17.8. The SMILES string of the molecule is CCOC(=O)N1CCC(c2cccc(Nc3ccc(-c4ccoc4)cc3[N+](=O)[O-])c2)CC1. The van der Waals surface area contributed by atoms with Gasteiger partial charge in [0.25, 0.3) is 5.69 Å². The third kappa shape index (κ3) is 4.74. The first-order chi connectivity index (χ1) is 15.5. The number of carbonyl (C=O) groups excluding carboxylic acids is 1. The Bertz CT molecular complexity index is 1090. The first-order valence-corrected chi connectivity index (χ1v) is 10.6. The number of nitro benzene ring substituents is 1. The zero-order chi connectivity index (χ0) is 22.5. The third-order valence-electron chi connectivity index (χ3n) is 5.71. The Morgan fingerprint density at radius 3 is 2.69 bits per heavy atom. The Morgan fingerprint density at radius 2 is 2.00 bits per heavy atom. The number of likely N-dealkylation sites (tertiary alicyclic amines) is 1. The lowest BCUT2D eigenvalue weighted by atomic mass is 9.89. The summed E-state index contributed by atoms with van der Waals surface area (Å²) in [4.78, 5) is 25.0. The van der Waals surface area contributed by atoms with Crippen LogP contribution in [0.25, 0.3) is 11.1 Å². The van der Waals surface area contributed by atoms with Crippen molar-refractivity contribution in [2.45, 2.75) is 25.7 Å². The van der Waals surface area contributed by atoms with Gasteiger partial charge in [-0.3, -0.25) is 10.1 Å². The second kappa shape index (κ2) is 9.55. The quantitative estimate of drug-likeness (QED) is 0.380. The summed E-state index contributed by atoms with van der Waals surface area (Å²) in [5, 5.41) is 14.9. The average molecular weight is 435 g/mol. The molecule has 1 aliphatic rings. The van der Waals surface area contributed by atoms with Crippen LogP contribution in [0.1, 0.15) is 31.2 Å². The fourth-order valence-electron chi connectivity index (χ4n) is 4.03. The number of rotatable bonds is 6. The summed E-state index contributed by atoms with van der Waals surface area (Å²) in [7, 11) is 0. The maximum Gasteiger partial charge on any atom is 0.409 e. The minimum Gasteiger partial charge on any atom is -0.472 e. The number of amides is 1. The van der Waals surface area contributed by atoms with Crippen molar-refractivity contribution < 1.29 is 18.9 Å². The lowest BCUT2D eigenvalue weighted by Gasteiger charge is -2.31. The van der Waals surface area contributed by atoms with Gasteiger partial charge in [-0.2, -0.15) is 0 Å². The van der Waals surface area contributed by atoms with Crippen LogP contribution in [0.2, 0.25) is 0 Å². The molecule has 1 aliphatic heterocycles. The normalized spacial score (nSPS) is 14.2. The Kier molecular flexibility index (Phi) is 6.39.